The lowest BCUT2D eigenvalue weighted by molar-refractivity contribution is -0.115. The molecule has 0 spiro atoms. The average molecular weight is 514 g/mol. The molecule has 3 aromatic carbocycles. The molecule has 1 N–H and O–H groups in total. The van der Waals surface area contributed by atoms with Crippen LogP contribution in [0.4, 0.5) is 10.1 Å². The molecule has 5 nitrogen and oxygen atoms in total. The highest BCUT2D eigenvalue weighted by molar-refractivity contribution is 7.91. The van der Waals surface area contributed by atoms with Crippen LogP contribution in [-0.4, -0.2) is 25.7 Å². The quantitative estimate of drug-likeness (QED) is 0.413. The van der Waals surface area contributed by atoms with Crippen LogP contribution in [0.3, 0.4) is 0 Å². The van der Waals surface area contributed by atoms with E-state index in [4.69, 9.17) is 16.3 Å². The third-order valence-electron chi connectivity index (χ3n) is 4.96. The summed E-state index contributed by atoms with van der Waals surface area (Å²) in [5.41, 5.74) is 1.06. The van der Waals surface area contributed by atoms with Gasteiger partial charge in [0.1, 0.15) is 0 Å². The predicted octanol–water partition coefficient (Wildman–Crippen LogP) is 5.66. The summed E-state index contributed by atoms with van der Waals surface area (Å²) in [6, 6.07) is 17.5. The predicted molar refractivity (Wildman–Crippen MR) is 136 cm³/mol. The summed E-state index contributed by atoms with van der Waals surface area (Å²) < 4.78 is 43.5. The largest absolute Gasteiger partial charge is 0.472 e. The molecule has 0 atom stereocenters. The van der Waals surface area contributed by atoms with Crippen molar-refractivity contribution in [3.05, 3.63) is 88.7 Å². The van der Waals surface area contributed by atoms with Crippen LogP contribution in [0.25, 0.3) is 0 Å². The number of hydrogen-bond acceptors (Lipinski definition) is 4. The SMILES string of the molecule is CCS(=O)(=O)c1ccc(CC(=O)Nc2ccc(C#CC(C)(C)Oc3ccc(Cl)cc3F)cc2)cc1. The Morgan fingerprint density at radius 2 is 1.71 bits per heavy atom. The van der Waals surface area contributed by atoms with Crippen molar-refractivity contribution in [2.45, 2.75) is 37.7 Å². The molecule has 0 aliphatic rings. The number of rotatable bonds is 7. The van der Waals surface area contributed by atoms with Crippen molar-refractivity contribution < 1.29 is 22.3 Å². The first-order chi connectivity index (χ1) is 16.5. The summed E-state index contributed by atoms with van der Waals surface area (Å²) in [5, 5.41) is 3.09. The van der Waals surface area contributed by atoms with Gasteiger partial charge in [0.15, 0.2) is 27.0 Å². The number of hydrogen-bond donors (Lipinski definition) is 1. The van der Waals surface area contributed by atoms with E-state index in [1.54, 1.807) is 63.2 Å². The number of sulfone groups is 1. The zero-order valence-corrected chi connectivity index (χ0v) is 21.1. The molecule has 0 fully saturated rings. The van der Waals surface area contributed by atoms with Crippen molar-refractivity contribution in [1.82, 2.24) is 0 Å². The van der Waals surface area contributed by atoms with Crippen molar-refractivity contribution in [3.63, 3.8) is 0 Å². The third-order valence-corrected chi connectivity index (χ3v) is 6.95. The van der Waals surface area contributed by atoms with Gasteiger partial charge in [0, 0.05) is 16.3 Å². The molecule has 1 amide bonds. The van der Waals surface area contributed by atoms with Crippen molar-refractivity contribution in [2.24, 2.45) is 0 Å². The number of nitrogens with one attached hydrogen (secondary N) is 1. The molecule has 0 saturated carbocycles. The second kappa shape index (κ2) is 10.9. The molecule has 35 heavy (non-hydrogen) atoms. The number of amides is 1. The standard InChI is InChI=1S/C27H25ClFNO4S/c1-4-35(32,33)23-12-7-20(8-13-23)17-26(31)30-22-10-5-19(6-11-22)15-16-27(2,3)34-25-14-9-21(28)18-24(25)29/h5-14,18H,4,17H2,1-3H3,(H,30,31). The first-order valence-corrected chi connectivity index (χ1v) is 12.9. The van der Waals surface area contributed by atoms with Gasteiger partial charge in [-0.2, -0.15) is 0 Å². The Morgan fingerprint density at radius 1 is 1.06 bits per heavy atom. The smallest absolute Gasteiger partial charge is 0.228 e. The van der Waals surface area contributed by atoms with Crippen molar-refractivity contribution >= 4 is 33.0 Å². The van der Waals surface area contributed by atoms with E-state index >= 15 is 0 Å². The van der Waals surface area contributed by atoms with Gasteiger partial charge in [0.2, 0.25) is 5.91 Å². The van der Waals surface area contributed by atoms with Crippen LogP contribution in [0.2, 0.25) is 5.02 Å². The number of carbonyl (C=O) groups excluding carboxylic acids is 1. The molecule has 0 aliphatic carbocycles. The summed E-state index contributed by atoms with van der Waals surface area (Å²) in [5.74, 6) is 5.27. The molecule has 0 bridgehead atoms. The minimum Gasteiger partial charge on any atom is -0.472 e. The van der Waals surface area contributed by atoms with Gasteiger partial charge < -0.3 is 10.1 Å². The van der Waals surface area contributed by atoms with E-state index < -0.39 is 21.3 Å². The highest BCUT2D eigenvalue weighted by Gasteiger charge is 2.19. The van der Waals surface area contributed by atoms with Gasteiger partial charge in [-0.1, -0.05) is 42.5 Å². The van der Waals surface area contributed by atoms with Gasteiger partial charge in [-0.3, -0.25) is 4.79 Å². The van der Waals surface area contributed by atoms with Crippen molar-refractivity contribution in [2.75, 3.05) is 11.1 Å². The molecule has 0 heterocycles. The van der Waals surface area contributed by atoms with Crippen LogP contribution in [0.1, 0.15) is 31.9 Å². The number of anilines is 1. The lowest BCUT2D eigenvalue weighted by atomic mass is 10.1. The van der Waals surface area contributed by atoms with Crippen LogP contribution in [0.15, 0.2) is 71.6 Å². The van der Waals surface area contributed by atoms with Crippen molar-refractivity contribution in [1.29, 1.82) is 0 Å². The highest BCUT2D eigenvalue weighted by Crippen LogP contribution is 2.25. The Bertz CT molecular complexity index is 1370. The van der Waals surface area contributed by atoms with E-state index in [2.05, 4.69) is 17.2 Å². The Balaban J connectivity index is 1.59. The maximum absolute atomic E-state index is 14.0. The molecule has 3 aromatic rings. The molecule has 182 valence electrons. The lowest BCUT2D eigenvalue weighted by Gasteiger charge is -2.20. The van der Waals surface area contributed by atoms with Crippen LogP contribution in [-0.2, 0) is 21.1 Å². The molecular formula is C27H25ClFNO4S. The third kappa shape index (κ3) is 7.57. The summed E-state index contributed by atoms with van der Waals surface area (Å²) in [6.45, 7) is 5.05. The maximum Gasteiger partial charge on any atom is 0.228 e. The summed E-state index contributed by atoms with van der Waals surface area (Å²) in [6.07, 6.45) is 0.112. The minimum atomic E-state index is -3.27. The first kappa shape index (κ1) is 26.3. The Kier molecular flexibility index (Phi) is 8.21. The minimum absolute atomic E-state index is 0.0264. The fourth-order valence-electron chi connectivity index (χ4n) is 3.09. The van der Waals surface area contributed by atoms with Gasteiger partial charge in [0.25, 0.3) is 0 Å². The van der Waals surface area contributed by atoms with Gasteiger partial charge in [0.05, 0.1) is 17.1 Å². The molecule has 3 rings (SSSR count). The lowest BCUT2D eigenvalue weighted by Crippen LogP contribution is -2.26. The van der Waals surface area contributed by atoms with Crippen LogP contribution in [0.5, 0.6) is 5.75 Å². The molecule has 0 unspecified atom stereocenters. The second-order valence-electron chi connectivity index (χ2n) is 8.29. The van der Waals surface area contributed by atoms with Gasteiger partial charge >= 0.3 is 0 Å². The summed E-state index contributed by atoms with van der Waals surface area (Å²) >= 11 is 5.77. The molecule has 8 heteroatoms. The van der Waals surface area contributed by atoms with Crippen LogP contribution >= 0.6 is 11.6 Å². The number of benzene rings is 3. The van der Waals surface area contributed by atoms with E-state index in [0.29, 0.717) is 16.8 Å². The van der Waals surface area contributed by atoms with Crippen LogP contribution in [0, 0.1) is 17.7 Å². The van der Waals surface area contributed by atoms with Crippen molar-refractivity contribution in [3.8, 4) is 17.6 Å². The fourth-order valence-corrected chi connectivity index (χ4v) is 4.13. The zero-order valence-electron chi connectivity index (χ0n) is 19.6. The Labute approximate surface area is 210 Å². The van der Waals surface area contributed by atoms with Gasteiger partial charge in [-0.15, -0.1) is 0 Å². The molecule has 0 aromatic heterocycles. The monoisotopic (exact) mass is 513 g/mol. The van der Waals surface area contributed by atoms with E-state index in [1.165, 1.54) is 24.3 Å². The highest BCUT2D eigenvalue weighted by atomic mass is 35.5. The number of carbonyl (C=O) groups is 1. The number of ether oxygens (including phenoxy) is 1. The first-order valence-electron chi connectivity index (χ1n) is 10.9. The molecule has 0 aliphatic heterocycles. The van der Waals surface area contributed by atoms with Gasteiger partial charge in [-0.05, 0) is 74.0 Å². The fraction of sp³-hybridized carbons (Fsp3) is 0.222. The molecular weight excluding hydrogens is 489 g/mol. The Morgan fingerprint density at radius 3 is 2.31 bits per heavy atom. The van der Waals surface area contributed by atoms with E-state index in [1.807, 2.05) is 0 Å². The maximum atomic E-state index is 14.0. The van der Waals surface area contributed by atoms with Gasteiger partial charge in [-0.25, -0.2) is 12.8 Å². The summed E-state index contributed by atoms with van der Waals surface area (Å²) in [7, 11) is -3.27. The topological polar surface area (TPSA) is 72.5 Å². The normalized spacial score (nSPS) is 11.3. The molecule has 0 radical (unpaired) electrons. The van der Waals surface area contributed by atoms with E-state index in [-0.39, 0.29) is 33.7 Å². The Hall–Kier alpha value is -3.34. The van der Waals surface area contributed by atoms with E-state index in [0.717, 1.165) is 0 Å². The second-order valence-corrected chi connectivity index (χ2v) is 11.0. The average Bonchev–Trinajstić information content (AvgIpc) is 2.81. The molecule has 0 saturated heterocycles. The number of halogens is 2. The van der Waals surface area contributed by atoms with Crippen LogP contribution < -0.4 is 10.1 Å². The van der Waals surface area contributed by atoms with E-state index in [9.17, 15) is 17.6 Å². The zero-order chi connectivity index (χ0) is 25.6. The summed E-state index contributed by atoms with van der Waals surface area (Å²) in [4.78, 5) is 12.6.